The number of esters is 1. The number of halogens is 1. The summed E-state index contributed by atoms with van der Waals surface area (Å²) < 4.78 is 5.16. The van der Waals surface area contributed by atoms with Gasteiger partial charge in [0.2, 0.25) is 0 Å². The van der Waals surface area contributed by atoms with Crippen LogP contribution in [0.5, 0.6) is 0 Å². The highest BCUT2D eigenvalue weighted by Crippen LogP contribution is 2.39. The maximum Gasteiger partial charge on any atom is 0.344 e. The predicted octanol–water partition coefficient (Wildman–Crippen LogP) is 3.98. The Kier molecular flexibility index (Phi) is 6.82. The van der Waals surface area contributed by atoms with E-state index in [0.29, 0.717) is 10.6 Å². The summed E-state index contributed by atoms with van der Waals surface area (Å²) in [4.78, 5) is 12.6. The minimum atomic E-state index is -1.84. The number of aliphatic hydroxyl groups is 1. The van der Waals surface area contributed by atoms with Crippen LogP contribution in [-0.2, 0) is 40.8 Å². The van der Waals surface area contributed by atoms with Crippen molar-refractivity contribution in [3.63, 3.8) is 0 Å². The first kappa shape index (κ1) is 22.5. The van der Waals surface area contributed by atoms with Gasteiger partial charge in [0.15, 0.2) is 5.60 Å². The molecule has 2 unspecified atom stereocenters. The van der Waals surface area contributed by atoms with Gasteiger partial charge in [0.1, 0.15) is 5.50 Å². The molecular formula is C24H29ClN2O3S. The zero-order valence-electron chi connectivity index (χ0n) is 17.7. The maximum atomic E-state index is 12.6. The zero-order chi connectivity index (χ0) is 22.0. The maximum absolute atomic E-state index is 12.6. The molecule has 5 nitrogen and oxygen atoms in total. The Hall–Kier alpha value is -1.73. The SMILES string of the molecule is CCOC(=O)C(O)(CNC(S)Nc1c2c(cc3c1CCC3)CCC2)c1ccc(Cl)cc1. The lowest BCUT2D eigenvalue weighted by Gasteiger charge is -2.29. The summed E-state index contributed by atoms with van der Waals surface area (Å²) >= 11 is 10.7. The fourth-order valence-electron chi connectivity index (χ4n) is 4.69. The van der Waals surface area contributed by atoms with Crippen molar-refractivity contribution in [3.05, 3.63) is 63.2 Å². The summed E-state index contributed by atoms with van der Waals surface area (Å²) in [6, 6.07) is 8.96. The zero-order valence-corrected chi connectivity index (χ0v) is 19.4. The highest BCUT2D eigenvalue weighted by atomic mass is 35.5. The van der Waals surface area contributed by atoms with Crippen molar-refractivity contribution < 1.29 is 14.6 Å². The van der Waals surface area contributed by atoms with Crippen LogP contribution in [0.1, 0.15) is 47.6 Å². The Labute approximate surface area is 193 Å². The van der Waals surface area contributed by atoms with Gasteiger partial charge >= 0.3 is 5.97 Å². The average molecular weight is 461 g/mol. The molecule has 31 heavy (non-hydrogen) atoms. The molecule has 0 spiro atoms. The Bertz CT molecular complexity index is 934. The number of benzene rings is 2. The van der Waals surface area contributed by atoms with E-state index < -0.39 is 17.1 Å². The molecule has 166 valence electrons. The molecular weight excluding hydrogens is 432 g/mol. The average Bonchev–Trinajstić information content (AvgIpc) is 3.42. The molecule has 0 fully saturated rings. The fourth-order valence-corrected chi connectivity index (χ4v) is 5.04. The molecule has 2 aromatic rings. The molecule has 4 rings (SSSR count). The Morgan fingerprint density at radius 2 is 1.77 bits per heavy atom. The van der Waals surface area contributed by atoms with Gasteiger partial charge < -0.3 is 15.2 Å². The summed E-state index contributed by atoms with van der Waals surface area (Å²) in [6.07, 6.45) is 6.75. The van der Waals surface area contributed by atoms with E-state index in [2.05, 4.69) is 29.3 Å². The number of thiol groups is 1. The number of anilines is 1. The first-order valence-electron chi connectivity index (χ1n) is 10.9. The molecule has 2 atom stereocenters. The third kappa shape index (κ3) is 4.58. The largest absolute Gasteiger partial charge is 0.464 e. The standard InChI is InChI=1S/C24H29ClN2O3S/c1-2-30-22(28)24(29,17-9-11-18(25)12-10-17)14-26-23(31)27-21-19-7-3-5-15(19)13-16-6-4-8-20(16)21/h9-13,23,26-27,29,31H,2-8,14H2,1H3. The first-order valence-corrected chi connectivity index (χ1v) is 11.8. The molecule has 0 radical (unpaired) electrons. The molecule has 0 aliphatic heterocycles. The lowest BCUT2D eigenvalue weighted by Crippen LogP contribution is -2.49. The number of fused-ring (bicyclic) bond motifs is 2. The van der Waals surface area contributed by atoms with Crippen LogP contribution in [0.4, 0.5) is 5.69 Å². The number of hydrogen-bond donors (Lipinski definition) is 4. The van der Waals surface area contributed by atoms with E-state index in [4.69, 9.17) is 16.3 Å². The van der Waals surface area contributed by atoms with E-state index >= 15 is 0 Å². The summed E-state index contributed by atoms with van der Waals surface area (Å²) in [7, 11) is 0. The topological polar surface area (TPSA) is 70.6 Å². The van der Waals surface area contributed by atoms with Gasteiger partial charge in [-0.3, -0.25) is 5.32 Å². The van der Waals surface area contributed by atoms with Gasteiger partial charge in [-0.1, -0.05) is 29.8 Å². The number of hydrogen-bond acceptors (Lipinski definition) is 6. The van der Waals surface area contributed by atoms with Gasteiger partial charge in [0.05, 0.1) is 6.61 Å². The Morgan fingerprint density at radius 1 is 1.16 bits per heavy atom. The van der Waals surface area contributed by atoms with Crippen molar-refractivity contribution in [2.24, 2.45) is 0 Å². The molecule has 2 aliphatic carbocycles. The van der Waals surface area contributed by atoms with Crippen LogP contribution in [0.3, 0.4) is 0 Å². The van der Waals surface area contributed by atoms with E-state index in [1.165, 1.54) is 40.8 Å². The predicted molar refractivity (Wildman–Crippen MR) is 127 cm³/mol. The third-order valence-corrected chi connectivity index (χ3v) is 6.80. The van der Waals surface area contributed by atoms with Gasteiger partial charge in [-0.15, -0.1) is 12.6 Å². The molecule has 2 aliphatic rings. The molecule has 0 heterocycles. The minimum Gasteiger partial charge on any atom is -0.464 e. The van der Waals surface area contributed by atoms with Crippen molar-refractivity contribution in [2.75, 3.05) is 18.5 Å². The normalized spacial score (nSPS) is 17.5. The van der Waals surface area contributed by atoms with E-state index in [1.54, 1.807) is 31.2 Å². The number of nitrogens with one attached hydrogen (secondary N) is 2. The van der Waals surface area contributed by atoms with E-state index in [0.717, 1.165) is 25.7 Å². The lowest BCUT2D eigenvalue weighted by molar-refractivity contribution is -0.165. The summed E-state index contributed by atoms with van der Waals surface area (Å²) in [5.74, 6) is -0.702. The Morgan fingerprint density at radius 3 is 2.35 bits per heavy atom. The molecule has 0 bridgehead atoms. The highest BCUT2D eigenvalue weighted by molar-refractivity contribution is 7.81. The van der Waals surface area contributed by atoms with E-state index in [1.807, 2.05) is 0 Å². The summed E-state index contributed by atoms with van der Waals surface area (Å²) in [6.45, 7) is 1.85. The van der Waals surface area contributed by atoms with E-state index in [-0.39, 0.29) is 13.2 Å². The number of rotatable bonds is 8. The van der Waals surface area contributed by atoms with Crippen LogP contribution in [0.25, 0.3) is 0 Å². The van der Waals surface area contributed by atoms with E-state index in [9.17, 15) is 9.90 Å². The van der Waals surface area contributed by atoms with Crippen molar-refractivity contribution in [1.29, 1.82) is 0 Å². The Balaban J connectivity index is 1.52. The van der Waals surface area contributed by atoms with Gasteiger partial charge in [-0.25, -0.2) is 4.79 Å². The monoisotopic (exact) mass is 460 g/mol. The minimum absolute atomic E-state index is 0.0498. The molecule has 0 saturated carbocycles. The fraction of sp³-hybridized carbons (Fsp3) is 0.458. The van der Waals surface area contributed by atoms with Crippen molar-refractivity contribution >= 4 is 35.9 Å². The third-order valence-electron chi connectivity index (χ3n) is 6.24. The van der Waals surface area contributed by atoms with Crippen molar-refractivity contribution in [1.82, 2.24) is 5.32 Å². The quantitative estimate of drug-likeness (QED) is 0.272. The molecule has 7 heteroatoms. The van der Waals surface area contributed by atoms with Crippen LogP contribution in [0.2, 0.25) is 5.02 Å². The van der Waals surface area contributed by atoms with Gasteiger partial charge in [-0.05, 0) is 85.4 Å². The second kappa shape index (κ2) is 9.41. The highest BCUT2D eigenvalue weighted by Gasteiger charge is 2.40. The lowest BCUT2D eigenvalue weighted by atomic mass is 9.93. The number of carbonyl (C=O) groups excluding carboxylic acids is 1. The summed E-state index contributed by atoms with van der Waals surface area (Å²) in [5, 5.41) is 18.5. The second-order valence-electron chi connectivity index (χ2n) is 8.25. The van der Waals surface area contributed by atoms with Crippen LogP contribution in [-0.4, -0.2) is 29.7 Å². The smallest absolute Gasteiger partial charge is 0.344 e. The number of aryl methyl sites for hydroxylation is 2. The summed E-state index contributed by atoms with van der Waals surface area (Å²) in [5.41, 5.74) is 4.97. The van der Waals surface area contributed by atoms with Gasteiger partial charge in [0.25, 0.3) is 0 Å². The number of ether oxygens (including phenoxy) is 1. The van der Waals surface area contributed by atoms with Gasteiger partial charge in [0, 0.05) is 17.3 Å². The molecule has 0 aromatic heterocycles. The van der Waals surface area contributed by atoms with Crippen LogP contribution < -0.4 is 10.6 Å². The number of carbonyl (C=O) groups is 1. The van der Waals surface area contributed by atoms with Crippen molar-refractivity contribution in [3.8, 4) is 0 Å². The first-order chi connectivity index (χ1) is 14.9. The van der Waals surface area contributed by atoms with Crippen LogP contribution in [0.15, 0.2) is 30.3 Å². The molecule has 2 aromatic carbocycles. The molecule has 0 amide bonds. The van der Waals surface area contributed by atoms with Crippen LogP contribution in [0, 0.1) is 0 Å². The van der Waals surface area contributed by atoms with Gasteiger partial charge in [-0.2, -0.15) is 0 Å². The molecule has 3 N–H and O–H groups in total. The molecule has 0 saturated heterocycles. The second-order valence-corrected chi connectivity index (χ2v) is 9.20. The van der Waals surface area contributed by atoms with Crippen molar-refractivity contribution in [2.45, 2.75) is 56.5 Å². The van der Waals surface area contributed by atoms with Crippen LogP contribution >= 0.6 is 24.2 Å².